The Morgan fingerprint density at radius 3 is 2.13 bits per heavy atom. The van der Waals surface area contributed by atoms with Crippen molar-refractivity contribution in [3.8, 4) is 11.5 Å². The van der Waals surface area contributed by atoms with Crippen LogP contribution in [0.15, 0.2) is 60.7 Å². The van der Waals surface area contributed by atoms with Gasteiger partial charge < -0.3 is 14.8 Å². The first-order valence-corrected chi connectivity index (χ1v) is 7.23. The summed E-state index contributed by atoms with van der Waals surface area (Å²) >= 11 is 0. The molecular formula is C19H17NO3. The Morgan fingerprint density at radius 2 is 1.48 bits per heavy atom. The number of methoxy groups -OCH3 is 2. The predicted molar refractivity (Wildman–Crippen MR) is 91.4 cm³/mol. The topological polar surface area (TPSA) is 47.6 Å². The van der Waals surface area contributed by atoms with E-state index in [4.69, 9.17) is 9.47 Å². The van der Waals surface area contributed by atoms with Gasteiger partial charge in [-0.2, -0.15) is 0 Å². The monoisotopic (exact) mass is 307 g/mol. The van der Waals surface area contributed by atoms with Crippen molar-refractivity contribution in [3.05, 3.63) is 66.2 Å². The van der Waals surface area contributed by atoms with Gasteiger partial charge in [-0.25, -0.2) is 0 Å². The molecule has 0 bridgehead atoms. The van der Waals surface area contributed by atoms with Crippen LogP contribution in [0.2, 0.25) is 0 Å². The lowest BCUT2D eigenvalue weighted by Crippen LogP contribution is -2.12. The highest BCUT2D eigenvalue weighted by Crippen LogP contribution is 2.26. The zero-order valence-electron chi connectivity index (χ0n) is 13.0. The number of amides is 1. The van der Waals surface area contributed by atoms with E-state index in [1.54, 1.807) is 32.4 Å². The molecule has 0 radical (unpaired) electrons. The van der Waals surface area contributed by atoms with E-state index >= 15 is 0 Å². The lowest BCUT2D eigenvalue weighted by molar-refractivity contribution is 0.102. The molecule has 1 N–H and O–H groups in total. The Bertz CT molecular complexity index is 836. The third kappa shape index (κ3) is 3.26. The molecule has 23 heavy (non-hydrogen) atoms. The van der Waals surface area contributed by atoms with Crippen molar-refractivity contribution >= 4 is 22.4 Å². The lowest BCUT2D eigenvalue weighted by Gasteiger charge is -2.10. The van der Waals surface area contributed by atoms with Gasteiger partial charge in [0, 0.05) is 29.4 Å². The fourth-order valence-corrected chi connectivity index (χ4v) is 2.41. The molecule has 3 aromatic rings. The average molecular weight is 307 g/mol. The number of rotatable bonds is 4. The van der Waals surface area contributed by atoms with E-state index in [9.17, 15) is 4.79 Å². The van der Waals surface area contributed by atoms with E-state index in [2.05, 4.69) is 5.32 Å². The van der Waals surface area contributed by atoms with Gasteiger partial charge in [-0.15, -0.1) is 0 Å². The molecule has 0 aliphatic carbocycles. The van der Waals surface area contributed by atoms with Gasteiger partial charge >= 0.3 is 0 Å². The minimum atomic E-state index is -0.175. The molecule has 0 heterocycles. The second kappa shape index (κ2) is 6.40. The number of nitrogens with one attached hydrogen (secondary N) is 1. The van der Waals surface area contributed by atoms with Gasteiger partial charge in [0.1, 0.15) is 11.5 Å². The molecule has 3 rings (SSSR count). The standard InChI is InChI=1S/C19H17NO3/c1-22-17-10-16(11-18(12-17)23-2)20-19(21)15-8-7-13-5-3-4-6-14(13)9-15/h3-12H,1-2H3,(H,20,21). The summed E-state index contributed by atoms with van der Waals surface area (Å²) in [6.07, 6.45) is 0. The summed E-state index contributed by atoms with van der Waals surface area (Å²) in [6, 6.07) is 18.8. The molecule has 116 valence electrons. The first-order valence-electron chi connectivity index (χ1n) is 7.23. The molecule has 0 spiro atoms. The third-order valence-corrected chi connectivity index (χ3v) is 3.62. The highest BCUT2D eigenvalue weighted by molar-refractivity contribution is 6.06. The first kappa shape index (κ1) is 14.9. The van der Waals surface area contributed by atoms with Crippen molar-refractivity contribution in [2.45, 2.75) is 0 Å². The van der Waals surface area contributed by atoms with Crippen molar-refractivity contribution in [2.24, 2.45) is 0 Å². The summed E-state index contributed by atoms with van der Waals surface area (Å²) in [4.78, 5) is 12.5. The summed E-state index contributed by atoms with van der Waals surface area (Å²) in [6.45, 7) is 0. The van der Waals surface area contributed by atoms with Crippen molar-refractivity contribution in [2.75, 3.05) is 19.5 Å². The van der Waals surface area contributed by atoms with Crippen molar-refractivity contribution in [1.82, 2.24) is 0 Å². The largest absolute Gasteiger partial charge is 0.497 e. The lowest BCUT2D eigenvalue weighted by atomic mass is 10.1. The van der Waals surface area contributed by atoms with Crippen LogP contribution >= 0.6 is 0 Å². The van der Waals surface area contributed by atoms with Crippen LogP contribution in [0.1, 0.15) is 10.4 Å². The molecule has 0 aromatic heterocycles. The molecule has 0 unspecified atom stereocenters. The minimum Gasteiger partial charge on any atom is -0.497 e. The maximum atomic E-state index is 12.5. The van der Waals surface area contributed by atoms with E-state index < -0.39 is 0 Å². The van der Waals surface area contributed by atoms with Gasteiger partial charge in [-0.3, -0.25) is 4.79 Å². The Morgan fingerprint density at radius 1 is 0.826 bits per heavy atom. The molecule has 0 aliphatic heterocycles. The molecule has 0 fully saturated rings. The number of carbonyl (C=O) groups excluding carboxylic acids is 1. The van der Waals surface area contributed by atoms with E-state index in [1.807, 2.05) is 42.5 Å². The van der Waals surface area contributed by atoms with E-state index in [0.29, 0.717) is 22.7 Å². The number of hydrogen-bond donors (Lipinski definition) is 1. The van der Waals surface area contributed by atoms with Gasteiger partial charge in [0.15, 0.2) is 0 Å². The summed E-state index contributed by atoms with van der Waals surface area (Å²) < 4.78 is 10.4. The fraction of sp³-hybridized carbons (Fsp3) is 0.105. The maximum absolute atomic E-state index is 12.5. The van der Waals surface area contributed by atoms with Crippen LogP contribution in [-0.4, -0.2) is 20.1 Å². The zero-order valence-corrected chi connectivity index (χ0v) is 13.0. The van der Waals surface area contributed by atoms with Crippen molar-refractivity contribution in [3.63, 3.8) is 0 Å². The fourth-order valence-electron chi connectivity index (χ4n) is 2.41. The number of ether oxygens (including phenoxy) is 2. The Labute approximate surface area is 134 Å². The van der Waals surface area contributed by atoms with Crippen LogP contribution in [0.4, 0.5) is 5.69 Å². The van der Waals surface area contributed by atoms with Gasteiger partial charge in [0.05, 0.1) is 14.2 Å². The minimum absolute atomic E-state index is 0.175. The van der Waals surface area contributed by atoms with Crippen LogP contribution in [-0.2, 0) is 0 Å². The molecular weight excluding hydrogens is 290 g/mol. The van der Waals surface area contributed by atoms with Crippen LogP contribution < -0.4 is 14.8 Å². The molecule has 4 nitrogen and oxygen atoms in total. The molecule has 0 saturated carbocycles. The Kier molecular flexibility index (Phi) is 4.15. The summed E-state index contributed by atoms with van der Waals surface area (Å²) in [5.74, 6) is 1.07. The molecule has 1 amide bonds. The van der Waals surface area contributed by atoms with Crippen LogP contribution in [0, 0.1) is 0 Å². The summed E-state index contributed by atoms with van der Waals surface area (Å²) in [5.41, 5.74) is 1.23. The van der Waals surface area contributed by atoms with Gasteiger partial charge in [0.2, 0.25) is 0 Å². The van der Waals surface area contributed by atoms with Crippen LogP contribution in [0.3, 0.4) is 0 Å². The predicted octanol–water partition coefficient (Wildman–Crippen LogP) is 4.11. The van der Waals surface area contributed by atoms with Gasteiger partial charge in [-0.1, -0.05) is 30.3 Å². The van der Waals surface area contributed by atoms with Crippen molar-refractivity contribution in [1.29, 1.82) is 0 Å². The van der Waals surface area contributed by atoms with Crippen molar-refractivity contribution < 1.29 is 14.3 Å². The smallest absolute Gasteiger partial charge is 0.255 e. The second-order valence-electron chi connectivity index (χ2n) is 5.12. The molecule has 0 atom stereocenters. The molecule has 4 heteroatoms. The first-order chi connectivity index (χ1) is 11.2. The van der Waals surface area contributed by atoms with Crippen LogP contribution in [0.5, 0.6) is 11.5 Å². The van der Waals surface area contributed by atoms with Gasteiger partial charge in [0.25, 0.3) is 5.91 Å². The highest BCUT2D eigenvalue weighted by atomic mass is 16.5. The average Bonchev–Trinajstić information content (AvgIpc) is 2.60. The second-order valence-corrected chi connectivity index (χ2v) is 5.12. The Hall–Kier alpha value is -3.01. The SMILES string of the molecule is COc1cc(NC(=O)c2ccc3ccccc3c2)cc(OC)c1. The van der Waals surface area contributed by atoms with E-state index in [1.165, 1.54) is 0 Å². The van der Waals surface area contributed by atoms with E-state index in [-0.39, 0.29) is 5.91 Å². The highest BCUT2D eigenvalue weighted by Gasteiger charge is 2.09. The number of anilines is 1. The molecule has 0 aliphatic rings. The van der Waals surface area contributed by atoms with Gasteiger partial charge in [-0.05, 0) is 22.9 Å². The van der Waals surface area contributed by atoms with Crippen LogP contribution in [0.25, 0.3) is 10.8 Å². The number of fused-ring (bicyclic) bond motifs is 1. The number of carbonyl (C=O) groups is 1. The maximum Gasteiger partial charge on any atom is 0.255 e. The third-order valence-electron chi connectivity index (χ3n) is 3.62. The quantitative estimate of drug-likeness (QED) is 0.789. The normalized spacial score (nSPS) is 10.3. The number of benzene rings is 3. The van der Waals surface area contributed by atoms with E-state index in [0.717, 1.165) is 10.8 Å². The Balaban J connectivity index is 1.88. The molecule has 3 aromatic carbocycles. The number of hydrogen-bond acceptors (Lipinski definition) is 3. The zero-order chi connectivity index (χ0) is 16.2. The molecule has 0 saturated heterocycles. The summed E-state index contributed by atoms with van der Waals surface area (Å²) in [5, 5.41) is 5.01. The summed E-state index contributed by atoms with van der Waals surface area (Å²) in [7, 11) is 3.15.